The van der Waals surface area contributed by atoms with Crippen molar-refractivity contribution >= 4 is 34.5 Å². The number of thiazole rings is 1. The smallest absolute Gasteiger partial charge is 0.267 e. The lowest BCUT2D eigenvalue weighted by atomic mass is 9.92. The maximum atomic E-state index is 12.5. The Morgan fingerprint density at radius 2 is 2.04 bits per heavy atom. The van der Waals surface area contributed by atoms with E-state index in [0.29, 0.717) is 21.2 Å². The van der Waals surface area contributed by atoms with Crippen LogP contribution in [0, 0.1) is 18.3 Å². The lowest BCUT2D eigenvalue weighted by Crippen LogP contribution is -2.11. The second kappa shape index (κ2) is 8.34. The third kappa shape index (κ3) is 4.19. The molecule has 2 aromatic carbocycles. The lowest BCUT2D eigenvalue weighted by molar-refractivity contribution is 0.103. The molecule has 6 heteroatoms. The van der Waals surface area contributed by atoms with E-state index in [-0.39, 0.29) is 5.91 Å². The number of nitrogens with one attached hydrogen (secondary N) is 1. The van der Waals surface area contributed by atoms with Crippen molar-refractivity contribution in [2.75, 3.05) is 5.32 Å². The molecule has 1 unspecified atom stereocenters. The quantitative estimate of drug-likeness (QED) is 0.613. The molecule has 0 saturated carbocycles. The SMILES string of the molecule is CCc1nc(C)c(C(=O)Nc2ccc(C(C#N)c3ccccc3)c(Cl)c2)s1. The van der Waals surface area contributed by atoms with E-state index >= 15 is 0 Å². The summed E-state index contributed by atoms with van der Waals surface area (Å²) in [6.07, 6.45) is 0.800. The van der Waals surface area contributed by atoms with Gasteiger partial charge in [-0.05, 0) is 36.6 Å². The molecular formula is C21H18ClN3OS. The summed E-state index contributed by atoms with van der Waals surface area (Å²) in [6, 6.07) is 17.0. The Kier molecular flexibility index (Phi) is 5.90. The van der Waals surface area contributed by atoms with Gasteiger partial charge in [-0.3, -0.25) is 4.79 Å². The van der Waals surface area contributed by atoms with Gasteiger partial charge in [0.05, 0.1) is 22.7 Å². The number of hydrogen-bond donors (Lipinski definition) is 1. The molecule has 0 aliphatic rings. The van der Waals surface area contributed by atoms with Crippen LogP contribution in [0.4, 0.5) is 5.69 Å². The van der Waals surface area contributed by atoms with E-state index in [9.17, 15) is 10.1 Å². The highest BCUT2D eigenvalue weighted by Crippen LogP contribution is 2.32. The van der Waals surface area contributed by atoms with Crippen LogP contribution in [0.2, 0.25) is 5.02 Å². The first-order chi connectivity index (χ1) is 13.0. The standard InChI is InChI=1S/C21H18ClN3OS/c1-3-19-24-13(2)20(27-19)21(26)25-15-9-10-16(18(22)11-15)17(12-23)14-7-5-4-6-8-14/h4-11,17H,3H2,1-2H3,(H,25,26). The van der Waals surface area contributed by atoms with Crippen molar-refractivity contribution in [2.24, 2.45) is 0 Å². The van der Waals surface area contributed by atoms with Crippen molar-refractivity contribution in [1.82, 2.24) is 4.98 Å². The van der Waals surface area contributed by atoms with Crippen molar-refractivity contribution in [3.8, 4) is 6.07 Å². The van der Waals surface area contributed by atoms with Crippen LogP contribution in [0.1, 0.15) is 44.3 Å². The van der Waals surface area contributed by atoms with E-state index in [1.165, 1.54) is 11.3 Å². The number of nitrogens with zero attached hydrogens (tertiary/aromatic N) is 2. The maximum absolute atomic E-state index is 12.5. The molecule has 27 heavy (non-hydrogen) atoms. The predicted molar refractivity (Wildman–Crippen MR) is 110 cm³/mol. The minimum absolute atomic E-state index is 0.201. The number of aryl methyl sites for hydroxylation is 2. The summed E-state index contributed by atoms with van der Waals surface area (Å²) in [6.45, 7) is 3.84. The zero-order valence-electron chi connectivity index (χ0n) is 15.0. The average Bonchev–Trinajstić information content (AvgIpc) is 3.06. The van der Waals surface area contributed by atoms with Crippen LogP contribution in [0.15, 0.2) is 48.5 Å². The van der Waals surface area contributed by atoms with Crippen molar-refractivity contribution in [3.05, 3.63) is 80.3 Å². The van der Waals surface area contributed by atoms with Gasteiger partial charge in [0.25, 0.3) is 5.91 Å². The van der Waals surface area contributed by atoms with Crippen molar-refractivity contribution in [1.29, 1.82) is 5.26 Å². The Balaban J connectivity index is 1.83. The van der Waals surface area contributed by atoms with Crippen LogP contribution in [0.3, 0.4) is 0 Å². The van der Waals surface area contributed by atoms with E-state index < -0.39 is 5.92 Å². The monoisotopic (exact) mass is 395 g/mol. The summed E-state index contributed by atoms with van der Waals surface area (Å²) < 4.78 is 0. The van der Waals surface area contributed by atoms with Gasteiger partial charge in [0.15, 0.2) is 0 Å². The average molecular weight is 396 g/mol. The molecule has 3 rings (SSSR count). The number of hydrogen-bond acceptors (Lipinski definition) is 4. The molecule has 3 aromatic rings. The van der Waals surface area contributed by atoms with Gasteiger partial charge in [-0.25, -0.2) is 4.98 Å². The number of aromatic nitrogens is 1. The second-order valence-electron chi connectivity index (χ2n) is 6.04. The fraction of sp³-hybridized carbons (Fsp3) is 0.190. The molecule has 1 atom stereocenters. The molecule has 0 bridgehead atoms. The molecule has 136 valence electrons. The molecule has 1 amide bonds. The minimum atomic E-state index is -0.459. The number of benzene rings is 2. The van der Waals surface area contributed by atoms with Gasteiger partial charge in [0.2, 0.25) is 0 Å². The molecule has 0 spiro atoms. The Morgan fingerprint density at radius 1 is 1.30 bits per heavy atom. The molecule has 4 nitrogen and oxygen atoms in total. The number of anilines is 1. The predicted octanol–water partition coefficient (Wildman–Crippen LogP) is 5.58. The molecule has 1 N–H and O–H groups in total. The summed E-state index contributed by atoms with van der Waals surface area (Å²) in [4.78, 5) is 17.5. The van der Waals surface area contributed by atoms with Crippen LogP contribution in [-0.2, 0) is 6.42 Å². The molecular weight excluding hydrogens is 378 g/mol. The highest BCUT2D eigenvalue weighted by Gasteiger charge is 2.18. The van der Waals surface area contributed by atoms with E-state index in [1.807, 2.05) is 44.2 Å². The highest BCUT2D eigenvalue weighted by atomic mass is 35.5. The molecule has 1 heterocycles. The summed E-state index contributed by atoms with van der Waals surface area (Å²) >= 11 is 7.83. The summed E-state index contributed by atoms with van der Waals surface area (Å²) in [7, 11) is 0. The molecule has 0 fully saturated rings. The Bertz CT molecular complexity index is 1010. The van der Waals surface area contributed by atoms with Gasteiger partial charge in [0, 0.05) is 10.7 Å². The van der Waals surface area contributed by atoms with Gasteiger partial charge in [-0.2, -0.15) is 5.26 Å². The van der Waals surface area contributed by atoms with Crippen LogP contribution < -0.4 is 5.32 Å². The van der Waals surface area contributed by atoms with Gasteiger partial charge in [-0.1, -0.05) is 54.9 Å². The van der Waals surface area contributed by atoms with Crippen LogP contribution >= 0.6 is 22.9 Å². The number of nitriles is 1. The van der Waals surface area contributed by atoms with E-state index in [4.69, 9.17) is 11.6 Å². The van der Waals surface area contributed by atoms with Gasteiger partial charge < -0.3 is 5.32 Å². The molecule has 1 aromatic heterocycles. The van der Waals surface area contributed by atoms with E-state index in [0.717, 1.165) is 22.7 Å². The van der Waals surface area contributed by atoms with Crippen molar-refractivity contribution in [2.45, 2.75) is 26.2 Å². The largest absolute Gasteiger partial charge is 0.321 e. The minimum Gasteiger partial charge on any atom is -0.321 e. The Hall–Kier alpha value is -2.68. The maximum Gasteiger partial charge on any atom is 0.267 e. The van der Waals surface area contributed by atoms with Crippen LogP contribution in [0.5, 0.6) is 0 Å². The van der Waals surface area contributed by atoms with Crippen molar-refractivity contribution < 1.29 is 4.79 Å². The summed E-state index contributed by atoms with van der Waals surface area (Å²) in [5.74, 6) is -0.660. The second-order valence-corrected chi connectivity index (χ2v) is 7.53. The normalized spacial score (nSPS) is 11.6. The zero-order valence-corrected chi connectivity index (χ0v) is 16.6. The number of carbonyl (C=O) groups is 1. The first kappa shape index (κ1) is 19.1. The Morgan fingerprint density at radius 3 is 2.63 bits per heavy atom. The third-order valence-electron chi connectivity index (χ3n) is 4.18. The first-order valence-electron chi connectivity index (χ1n) is 8.55. The molecule has 0 radical (unpaired) electrons. The van der Waals surface area contributed by atoms with E-state index in [1.54, 1.807) is 18.2 Å². The number of amides is 1. The van der Waals surface area contributed by atoms with Crippen molar-refractivity contribution in [3.63, 3.8) is 0 Å². The fourth-order valence-corrected chi connectivity index (χ4v) is 4.00. The van der Waals surface area contributed by atoms with Gasteiger partial charge in [0.1, 0.15) is 4.88 Å². The molecule has 0 saturated heterocycles. The molecule has 0 aliphatic heterocycles. The highest BCUT2D eigenvalue weighted by molar-refractivity contribution is 7.13. The van der Waals surface area contributed by atoms with Gasteiger partial charge >= 0.3 is 0 Å². The zero-order chi connectivity index (χ0) is 19.4. The number of halogens is 1. The third-order valence-corrected chi connectivity index (χ3v) is 5.81. The topological polar surface area (TPSA) is 65.8 Å². The van der Waals surface area contributed by atoms with Crippen LogP contribution in [0.25, 0.3) is 0 Å². The first-order valence-corrected chi connectivity index (χ1v) is 9.74. The van der Waals surface area contributed by atoms with Crippen LogP contribution in [-0.4, -0.2) is 10.9 Å². The summed E-state index contributed by atoms with van der Waals surface area (Å²) in [5, 5.41) is 13.8. The number of carbonyl (C=O) groups excluding carboxylic acids is 1. The Labute approximate surface area is 167 Å². The molecule has 0 aliphatic carbocycles. The van der Waals surface area contributed by atoms with Gasteiger partial charge in [-0.15, -0.1) is 11.3 Å². The fourth-order valence-electron chi connectivity index (χ4n) is 2.81. The lowest BCUT2D eigenvalue weighted by Gasteiger charge is -2.13. The summed E-state index contributed by atoms with van der Waals surface area (Å²) in [5.41, 5.74) is 2.91. The number of rotatable bonds is 5. The van der Waals surface area contributed by atoms with E-state index in [2.05, 4.69) is 16.4 Å².